The molecule has 1 aromatic carbocycles. The molecule has 6 nitrogen and oxygen atoms in total. The van der Waals surface area contributed by atoms with Gasteiger partial charge in [0.2, 0.25) is 0 Å². The molecule has 1 aliphatic heterocycles. The van der Waals surface area contributed by atoms with E-state index < -0.39 is 0 Å². The van der Waals surface area contributed by atoms with Crippen LogP contribution in [-0.2, 0) is 9.59 Å². The molecule has 142 valence electrons. The van der Waals surface area contributed by atoms with Crippen molar-refractivity contribution in [2.24, 2.45) is 28.8 Å². The normalized spacial score (nSPS) is 29.7. The summed E-state index contributed by atoms with van der Waals surface area (Å²) < 4.78 is 11.2. The second kappa shape index (κ2) is 6.83. The first kappa shape index (κ1) is 17.8. The Morgan fingerprint density at radius 2 is 1.85 bits per heavy atom. The van der Waals surface area contributed by atoms with Crippen LogP contribution in [-0.4, -0.2) is 36.3 Å². The molecular weight excluding hydrogens is 344 g/mol. The highest BCUT2D eigenvalue weighted by Crippen LogP contribution is 2.52. The summed E-state index contributed by atoms with van der Waals surface area (Å²) in [6, 6.07) is 5.44. The summed E-state index contributed by atoms with van der Waals surface area (Å²) >= 11 is 0. The minimum absolute atomic E-state index is 0.0849. The van der Waals surface area contributed by atoms with Gasteiger partial charge in [0.15, 0.2) is 11.5 Å². The van der Waals surface area contributed by atoms with Crippen LogP contribution in [0.2, 0.25) is 0 Å². The van der Waals surface area contributed by atoms with Crippen molar-refractivity contribution in [2.45, 2.75) is 32.8 Å². The standard InChI is InChI=1S/C21H24N2O4/c1-4-12(2)27-16-8-5-13(9-17(16)26-3)11-22-23-20(24)18-14-6-7-15(10-14)19(18)21(23)25/h5-9,11-12,14-15,18-19H,4,10H2,1-3H3. The predicted molar refractivity (Wildman–Crippen MR) is 101 cm³/mol. The SMILES string of the molecule is CCC(C)Oc1ccc(C=NN2C(=O)C3C4C=CC(C4)C3C2=O)cc1OC. The minimum atomic E-state index is -0.231. The highest BCUT2D eigenvalue weighted by molar-refractivity contribution is 6.06. The highest BCUT2D eigenvalue weighted by atomic mass is 16.5. The Kier molecular flexibility index (Phi) is 4.50. The number of benzene rings is 1. The van der Waals surface area contributed by atoms with Crippen molar-refractivity contribution in [3.05, 3.63) is 35.9 Å². The molecule has 2 amide bonds. The van der Waals surface area contributed by atoms with Gasteiger partial charge in [-0.15, -0.1) is 0 Å². The van der Waals surface area contributed by atoms with Gasteiger partial charge in [-0.25, -0.2) is 0 Å². The monoisotopic (exact) mass is 368 g/mol. The van der Waals surface area contributed by atoms with Crippen molar-refractivity contribution < 1.29 is 19.1 Å². The number of rotatable bonds is 6. The maximum atomic E-state index is 12.7. The quantitative estimate of drug-likeness (QED) is 0.440. The average Bonchev–Trinajstić information content (AvgIpc) is 3.35. The highest BCUT2D eigenvalue weighted by Gasteiger charge is 2.59. The van der Waals surface area contributed by atoms with Crippen LogP contribution in [0.3, 0.4) is 0 Å². The first-order valence-corrected chi connectivity index (χ1v) is 9.48. The first-order chi connectivity index (χ1) is 13.0. The zero-order chi connectivity index (χ0) is 19.1. The predicted octanol–water partition coefficient (Wildman–Crippen LogP) is 3.01. The van der Waals surface area contributed by atoms with Crippen molar-refractivity contribution in [3.8, 4) is 11.5 Å². The van der Waals surface area contributed by atoms with Gasteiger partial charge >= 0.3 is 0 Å². The zero-order valence-corrected chi connectivity index (χ0v) is 15.8. The largest absolute Gasteiger partial charge is 0.493 e. The van der Waals surface area contributed by atoms with E-state index in [9.17, 15) is 9.59 Å². The van der Waals surface area contributed by atoms with E-state index in [0.717, 1.165) is 23.4 Å². The Balaban J connectivity index is 1.52. The van der Waals surface area contributed by atoms with Gasteiger partial charge in [0, 0.05) is 0 Å². The van der Waals surface area contributed by atoms with Crippen molar-refractivity contribution in [1.29, 1.82) is 0 Å². The van der Waals surface area contributed by atoms with Gasteiger partial charge in [0.05, 0.1) is 31.3 Å². The fraction of sp³-hybridized carbons (Fsp3) is 0.476. The van der Waals surface area contributed by atoms with Gasteiger partial charge in [-0.1, -0.05) is 19.1 Å². The maximum Gasteiger partial charge on any atom is 0.254 e. The Morgan fingerprint density at radius 3 is 2.44 bits per heavy atom. The van der Waals surface area contributed by atoms with E-state index in [1.54, 1.807) is 13.2 Å². The molecule has 2 bridgehead atoms. The molecule has 4 rings (SSSR count). The molecule has 1 saturated carbocycles. The summed E-state index contributed by atoms with van der Waals surface area (Å²) in [7, 11) is 1.58. The molecule has 2 aliphatic carbocycles. The van der Waals surface area contributed by atoms with E-state index in [1.807, 2.05) is 19.1 Å². The summed E-state index contributed by atoms with van der Waals surface area (Å²) in [5.41, 5.74) is 0.738. The van der Waals surface area contributed by atoms with Gasteiger partial charge in [-0.05, 0) is 55.4 Å². The molecule has 0 N–H and O–H groups in total. The zero-order valence-electron chi connectivity index (χ0n) is 15.8. The van der Waals surface area contributed by atoms with Crippen LogP contribution in [0.4, 0.5) is 0 Å². The van der Waals surface area contributed by atoms with E-state index in [2.05, 4.69) is 24.2 Å². The summed E-state index contributed by atoms with van der Waals surface area (Å²) in [4.78, 5) is 25.3. The Labute approximate surface area is 158 Å². The lowest BCUT2D eigenvalue weighted by Gasteiger charge is -2.16. The number of hydrogen-bond acceptors (Lipinski definition) is 5. The fourth-order valence-electron chi connectivity index (χ4n) is 4.29. The van der Waals surface area contributed by atoms with Gasteiger partial charge in [0.1, 0.15) is 0 Å². The summed E-state index contributed by atoms with van der Waals surface area (Å²) in [6.07, 6.45) is 7.57. The molecule has 0 spiro atoms. The van der Waals surface area contributed by atoms with Crippen LogP contribution in [0.5, 0.6) is 11.5 Å². The van der Waals surface area contributed by atoms with Crippen LogP contribution in [0.1, 0.15) is 32.3 Å². The molecule has 0 aromatic heterocycles. The minimum Gasteiger partial charge on any atom is -0.493 e. The first-order valence-electron chi connectivity index (χ1n) is 9.48. The third kappa shape index (κ3) is 2.93. The number of ether oxygens (including phenoxy) is 2. The second-order valence-corrected chi connectivity index (χ2v) is 7.48. The number of fused-ring (bicyclic) bond motifs is 5. The fourth-order valence-corrected chi connectivity index (χ4v) is 4.29. The van der Waals surface area contributed by atoms with Gasteiger partial charge in [0.25, 0.3) is 11.8 Å². The van der Waals surface area contributed by atoms with Crippen LogP contribution < -0.4 is 9.47 Å². The Bertz CT molecular complexity index is 801. The number of carbonyl (C=O) groups is 2. The van der Waals surface area contributed by atoms with Crippen molar-refractivity contribution in [2.75, 3.05) is 7.11 Å². The number of amides is 2. The number of nitrogens with zero attached hydrogens (tertiary/aromatic N) is 2. The number of carbonyl (C=O) groups excluding carboxylic acids is 2. The summed E-state index contributed by atoms with van der Waals surface area (Å²) in [5, 5.41) is 5.26. The molecule has 27 heavy (non-hydrogen) atoms. The molecule has 5 unspecified atom stereocenters. The Hall–Kier alpha value is -2.63. The molecule has 1 heterocycles. The number of hydrogen-bond donors (Lipinski definition) is 0. The topological polar surface area (TPSA) is 68.2 Å². The summed E-state index contributed by atoms with van der Waals surface area (Å²) in [6.45, 7) is 4.05. The van der Waals surface area contributed by atoms with Gasteiger partial charge in [-0.3, -0.25) is 9.59 Å². The molecule has 0 radical (unpaired) electrons. The molecule has 2 fully saturated rings. The molecule has 1 saturated heterocycles. The van der Waals surface area contributed by atoms with Crippen molar-refractivity contribution in [3.63, 3.8) is 0 Å². The Morgan fingerprint density at radius 1 is 1.19 bits per heavy atom. The van der Waals surface area contributed by atoms with Gasteiger partial charge in [-0.2, -0.15) is 10.1 Å². The number of hydrazone groups is 1. The van der Waals surface area contributed by atoms with E-state index in [0.29, 0.717) is 11.5 Å². The summed E-state index contributed by atoms with van der Waals surface area (Å²) in [5.74, 6) is 0.814. The molecule has 1 aromatic rings. The molecule has 3 aliphatic rings. The van der Waals surface area contributed by atoms with E-state index in [4.69, 9.17) is 9.47 Å². The van der Waals surface area contributed by atoms with Crippen LogP contribution in [0.25, 0.3) is 0 Å². The average molecular weight is 368 g/mol. The lowest BCUT2D eigenvalue weighted by Crippen LogP contribution is -2.28. The number of imide groups is 1. The lowest BCUT2D eigenvalue weighted by molar-refractivity contribution is -0.140. The maximum absolute atomic E-state index is 12.7. The third-order valence-corrected chi connectivity index (χ3v) is 5.86. The van der Waals surface area contributed by atoms with Crippen molar-refractivity contribution in [1.82, 2.24) is 5.01 Å². The van der Waals surface area contributed by atoms with Crippen LogP contribution in [0, 0.1) is 23.7 Å². The lowest BCUT2D eigenvalue weighted by atomic mass is 9.85. The van der Waals surface area contributed by atoms with Crippen LogP contribution >= 0.6 is 0 Å². The van der Waals surface area contributed by atoms with Crippen LogP contribution in [0.15, 0.2) is 35.5 Å². The molecule has 6 heteroatoms. The number of methoxy groups -OCH3 is 1. The third-order valence-electron chi connectivity index (χ3n) is 5.86. The smallest absolute Gasteiger partial charge is 0.254 e. The van der Waals surface area contributed by atoms with E-state index >= 15 is 0 Å². The molecule has 5 atom stereocenters. The van der Waals surface area contributed by atoms with E-state index in [1.165, 1.54) is 6.21 Å². The van der Waals surface area contributed by atoms with E-state index in [-0.39, 0.29) is 41.6 Å². The number of allylic oxidation sites excluding steroid dienone is 2. The molecular formula is C21H24N2O4. The van der Waals surface area contributed by atoms with Gasteiger partial charge < -0.3 is 9.47 Å². The second-order valence-electron chi connectivity index (χ2n) is 7.48. The van der Waals surface area contributed by atoms with Crippen molar-refractivity contribution >= 4 is 18.0 Å².